The lowest BCUT2D eigenvalue weighted by Gasteiger charge is -2.15. The van der Waals surface area contributed by atoms with Crippen molar-refractivity contribution in [1.82, 2.24) is 15.0 Å². The molecule has 1 atom stereocenters. The van der Waals surface area contributed by atoms with E-state index in [9.17, 15) is 9.59 Å². The standard InChI is InChI=1S/C28H30N4O2/c1-2-24(33)12-4-3-5-13-25(28(34)31-23-11-8-16-29-18-23)27-30-19-26(32-27)22-15-14-20-9-6-7-10-21(20)17-22/h6-11,14-19,25H,2-5,12-13H2,1H3,(H,30,32)(H,31,34). The second-order valence-corrected chi connectivity index (χ2v) is 8.52. The SMILES string of the molecule is CCC(=O)CCCCCC(C(=O)Nc1cccnc1)c1ncc(-c2ccc3ccccc3c2)[nH]1. The first kappa shape index (κ1) is 23.4. The number of aromatic nitrogens is 3. The second kappa shape index (κ2) is 11.4. The van der Waals surface area contributed by atoms with Crippen LogP contribution in [-0.2, 0) is 9.59 Å². The highest BCUT2D eigenvalue weighted by molar-refractivity contribution is 5.95. The molecule has 1 unspecified atom stereocenters. The van der Waals surface area contributed by atoms with Gasteiger partial charge in [0.2, 0.25) is 5.91 Å². The van der Waals surface area contributed by atoms with Crippen molar-refractivity contribution in [3.05, 3.63) is 79.0 Å². The molecule has 0 fully saturated rings. The van der Waals surface area contributed by atoms with Crippen LogP contribution in [0.25, 0.3) is 22.0 Å². The predicted octanol–water partition coefficient (Wildman–Crippen LogP) is 6.28. The monoisotopic (exact) mass is 454 g/mol. The molecule has 0 saturated carbocycles. The fourth-order valence-corrected chi connectivity index (χ4v) is 4.10. The highest BCUT2D eigenvalue weighted by Crippen LogP contribution is 2.27. The van der Waals surface area contributed by atoms with Crippen LogP contribution in [0.5, 0.6) is 0 Å². The van der Waals surface area contributed by atoms with Crippen LogP contribution in [-0.4, -0.2) is 26.6 Å². The zero-order valence-electron chi connectivity index (χ0n) is 19.5. The summed E-state index contributed by atoms with van der Waals surface area (Å²) in [4.78, 5) is 36.8. The molecule has 1 amide bonds. The van der Waals surface area contributed by atoms with Gasteiger partial charge in [-0.25, -0.2) is 4.98 Å². The van der Waals surface area contributed by atoms with Crippen LogP contribution in [0.15, 0.2) is 73.2 Å². The number of benzene rings is 2. The second-order valence-electron chi connectivity index (χ2n) is 8.52. The number of hydrogen-bond acceptors (Lipinski definition) is 4. The van der Waals surface area contributed by atoms with Gasteiger partial charge in [0.05, 0.1) is 29.7 Å². The van der Waals surface area contributed by atoms with Crippen molar-refractivity contribution in [1.29, 1.82) is 0 Å². The quantitative estimate of drug-likeness (QED) is 0.261. The van der Waals surface area contributed by atoms with Crippen LogP contribution in [0.2, 0.25) is 0 Å². The Bertz CT molecular complexity index is 1250. The Morgan fingerprint density at radius 3 is 2.62 bits per heavy atom. The minimum atomic E-state index is -0.420. The number of rotatable bonds is 11. The van der Waals surface area contributed by atoms with Gasteiger partial charge in [0.1, 0.15) is 11.6 Å². The summed E-state index contributed by atoms with van der Waals surface area (Å²) < 4.78 is 0. The number of amides is 1. The van der Waals surface area contributed by atoms with Gasteiger partial charge in [-0.1, -0.05) is 56.2 Å². The van der Waals surface area contributed by atoms with E-state index in [1.807, 2.05) is 25.1 Å². The Labute approximate surface area is 199 Å². The molecule has 0 saturated heterocycles. The fraction of sp³-hybridized carbons (Fsp3) is 0.286. The number of nitrogens with one attached hydrogen (secondary N) is 2. The fourth-order valence-electron chi connectivity index (χ4n) is 4.10. The van der Waals surface area contributed by atoms with Gasteiger partial charge in [-0.2, -0.15) is 0 Å². The highest BCUT2D eigenvalue weighted by atomic mass is 16.2. The van der Waals surface area contributed by atoms with Crippen molar-refractivity contribution < 1.29 is 9.59 Å². The Morgan fingerprint density at radius 2 is 1.82 bits per heavy atom. The lowest BCUT2D eigenvalue weighted by Crippen LogP contribution is -2.22. The molecule has 0 bridgehead atoms. The average Bonchev–Trinajstić information content (AvgIpc) is 3.36. The molecule has 34 heavy (non-hydrogen) atoms. The number of carbonyl (C=O) groups is 2. The van der Waals surface area contributed by atoms with E-state index in [1.54, 1.807) is 24.7 Å². The molecule has 6 nitrogen and oxygen atoms in total. The van der Waals surface area contributed by atoms with E-state index in [1.165, 1.54) is 5.39 Å². The molecule has 2 aromatic carbocycles. The van der Waals surface area contributed by atoms with Gasteiger partial charge >= 0.3 is 0 Å². The van der Waals surface area contributed by atoms with Crippen LogP contribution >= 0.6 is 0 Å². The highest BCUT2D eigenvalue weighted by Gasteiger charge is 2.24. The third-order valence-corrected chi connectivity index (χ3v) is 6.07. The number of imidazole rings is 1. The maximum atomic E-state index is 13.2. The molecular weight excluding hydrogens is 424 g/mol. The molecule has 0 aliphatic carbocycles. The summed E-state index contributed by atoms with van der Waals surface area (Å²) >= 11 is 0. The molecule has 2 heterocycles. The average molecular weight is 455 g/mol. The molecule has 0 radical (unpaired) electrons. The first-order valence-electron chi connectivity index (χ1n) is 11.9. The summed E-state index contributed by atoms with van der Waals surface area (Å²) in [5, 5.41) is 5.30. The van der Waals surface area contributed by atoms with Crippen LogP contribution in [0.1, 0.15) is 57.2 Å². The van der Waals surface area contributed by atoms with Crippen molar-refractivity contribution in [2.75, 3.05) is 5.32 Å². The number of H-pyrrole nitrogens is 1. The predicted molar refractivity (Wildman–Crippen MR) is 136 cm³/mol. The van der Waals surface area contributed by atoms with E-state index in [-0.39, 0.29) is 11.7 Å². The Morgan fingerprint density at radius 1 is 0.971 bits per heavy atom. The Kier molecular flexibility index (Phi) is 7.81. The van der Waals surface area contributed by atoms with E-state index in [4.69, 9.17) is 0 Å². The molecule has 4 rings (SSSR count). The van der Waals surface area contributed by atoms with Crippen molar-refractivity contribution in [3.63, 3.8) is 0 Å². The largest absolute Gasteiger partial charge is 0.341 e. The molecule has 0 aliphatic rings. The Balaban J connectivity index is 1.50. The number of aromatic amines is 1. The van der Waals surface area contributed by atoms with Gasteiger partial charge in [0.15, 0.2) is 0 Å². The maximum absolute atomic E-state index is 13.2. The smallest absolute Gasteiger partial charge is 0.235 e. The lowest BCUT2D eigenvalue weighted by atomic mass is 9.98. The van der Waals surface area contributed by atoms with E-state index < -0.39 is 5.92 Å². The molecule has 0 spiro atoms. The minimum Gasteiger partial charge on any atom is -0.341 e. The number of ketones is 1. The third-order valence-electron chi connectivity index (χ3n) is 6.07. The number of Topliss-reactive ketones (excluding diaryl/α,β-unsaturated/α-hetero) is 1. The summed E-state index contributed by atoms with van der Waals surface area (Å²) in [6.45, 7) is 1.89. The van der Waals surface area contributed by atoms with Gasteiger partial charge in [-0.05, 0) is 41.8 Å². The van der Waals surface area contributed by atoms with Crippen molar-refractivity contribution in [2.45, 2.75) is 51.4 Å². The lowest BCUT2D eigenvalue weighted by molar-refractivity contribution is -0.119. The number of unbranched alkanes of at least 4 members (excludes halogenated alkanes) is 2. The summed E-state index contributed by atoms with van der Waals surface area (Å²) in [7, 11) is 0. The van der Waals surface area contributed by atoms with Crippen LogP contribution in [0.3, 0.4) is 0 Å². The summed E-state index contributed by atoms with van der Waals surface area (Å²) in [5.41, 5.74) is 2.57. The molecule has 2 N–H and O–H groups in total. The number of nitrogens with zero attached hydrogens (tertiary/aromatic N) is 2. The molecule has 6 heteroatoms. The number of pyridine rings is 1. The Hall–Kier alpha value is -3.80. The van der Waals surface area contributed by atoms with Crippen molar-refractivity contribution in [2.24, 2.45) is 0 Å². The van der Waals surface area contributed by atoms with E-state index >= 15 is 0 Å². The molecule has 4 aromatic rings. The van der Waals surface area contributed by atoms with Gasteiger partial charge in [0.25, 0.3) is 0 Å². The topological polar surface area (TPSA) is 87.7 Å². The van der Waals surface area contributed by atoms with E-state index in [0.717, 1.165) is 35.9 Å². The van der Waals surface area contributed by atoms with Crippen molar-refractivity contribution in [3.8, 4) is 11.3 Å². The summed E-state index contributed by atoms with van der Waals surface area (Å²) in [5.74, 6) is 0.402. The molecule has 0 aliphatic heterocycles. The molecular formula is C28H30N4O2. The van der Waals surface area contributed by atoms with Crippen LogP contribution in [0, 0.1) is 0 Å². The van der Waals surface area contributed by atoms with Crippen molar-refractivity contribution >= 4 is 28.2 Å². The summed E-state index contributed by atoms with van der Waals surface area (Å²) in [6, 6.07) is 18.1. The number of anilines is 1. The number of carbonyl (C=O) groups excluding carboxylic acids is 2. The van der Waals surface area contributed by atoms with Gasteiger partial charge in [0, 0.05) is 24.6 Å². The normalized spacial score (nSPS) is 11.9. The van der Waals surface area contributed by atoms with Gasteiger partial charge < -0.3 is 10.3 Å². The van der Waals surface area contributed by atoms with E-state index in [0.29, 0.717) is 30.8 Å². The van der Waals surface area contributed by atoms with Gasteiger partial charge in [-0.3, -0.25) is 14.6 Å². The van der Waals surface area contributed by atoms with Gasteiger partial charge in [-0.15, -0.1) is 0 Å². The van der Waals surface area contributed by atoms with Crippen LogP contribution in [0.4, 0.5) is 5.69 Å². The summed E-state index contributed by atoms with van der Waals surface area (Å²) in [6.07, 6.45) is 9.54. The zero-order chi connectivity index (χ0) is 23.8. The maximum Gasteiger partial charge on any atom is 0.235 e. The zero-order valence-corrected chi connectivity index (χ0v) is 19.5. The number of fused-ring (bicyclic) bond motifs is 1. The molecule has 2 aromatic heterocycles. The number of hydrogen-bond donors (Lipinski definition) is 2. The first-order valence-corrected chi connectivity index (χ1v) is 11.9. The third kappa shape index (κ3) is 5.95. The first-order chi connectivity index (χ1) is 16.6. The minimum absolute atomic E-state index is 0.114. The van der Waals surface area contributed by atoms with Crippen LogP contribution < -0.4 is 5.32 Å². The molecule has 174 valence electrons. The van der Waals surface area contributed by atoms with E-state index in [2.05, 4.69) is 50.6 Å².